The molecule has 2 N–H and O–H groups in total. The number of aliphatic imine (C=N–C) groups is 1. The summed E-state index contributed by atoms with van der Waals surface area (Å²) in [5.41, 5.74) is 2.20. The van der Waals surface area contributed by atoms with Crippen LogP contribution in [-0.4, -0.2) is 36.5 Å². The molecule has 0 atom stereocenters. The Labute approximate surface area is 157 Å². The van der Waals surface area contributed by atoms with Gasteiger partial charge in [0, 0.05) is 30.3 Å². The smallest absolute Gasteiger partial charge is 0.191 e. The van der Waals surface area contributed by atoms with E-state index < -0.39 is 0 Å². The number of nitrogens with zero attached hydrogens (tertiary/aromatic N) is 2. The standard InChI is InChI=1S/C15H20N4S2.HI/c1-16-15(17-8-9-20-2)18-10-13-11-21-14(19-13)12-6-4-3-5-7-12;/h3-7,11H,8-10H2,1-2H3,(H2,16,17,18);1H. The van der Waals surface area contributed by atoms with E-state index >= 15 is 0 Å². The molecule has 0 saturated heterocycles. The number of thioether (sulfide) groups is 1. The topological polar surface area (TPSA) is 49.3 Å². The Hall–Kier alpha value is -0.800. The van der Waals surface area contributed by atoms with E-state index in [0.29, 0.717) is 6.54 Å². The molecule has 22 heavy (non-hydrogen) atoms. The van der Waals surface area contributed by atoms with Gasteiger partial charge >= 0.3 is 0 Å². The molecular formula is C15H21IN4S2. The average Bonchev–Trinajstić information content (AvgIpc) is 3.00. The normalized spacial score (nSPS) is 10.9. The van der Waals surface area contributed by atoms with Crippen LogP contribution in [0.3, 0.4) is 0 Å². The van der Waals surface area contributed by atoms with Crippen LogP contribution in [0.4, 0.5) is 0 Å². The first-order valence-electron chi connectivity index (χ1n) is 6.76. The molecule has 1 aromatic heterocycles. The number of benzene rings is 1. The number of aromatic nitrogens is 1. The summed E-state index contributed by atoms with van der Waals surface area (Å²) >= 11 is 3.48. The summed E-state index contributed by atoms with van der Waals surface area (Å²) in [5.74, 6) is 1.88. The highest BCUT2D eigenvalue weighted by Crippen LogP contribution is 2.22. The van der Waals surface area contributed by atoms with E-state index in [4.69, 9.17) is 0 Å². The van der Waals surface area contributed by atoms with Crippen LogP contribution in [0.25, 0.3) is 10.6 Å². The fraction of sp³-hybridized carbons (Fsp3) is 0.333. The van der Waals surface area contributed by atoms with Gasteiger partial charge in [-0.25, -0.2) is 4.98 Å². The van der Waals surface area contributed by atoms with E-state index in [9.17, 15) is 0 Å². The Kier molecular flexibility index (Phi) is 9.49. The molecule has 1 heterocycles. The predicted octanol–water partition coefficient (Wildman–Crippen LogP) is 3.46. The van der Waals surface area contributed by atoms with Crippen LogP contribution in [0.15, 0.2) is 40.7 Å². The maximum Gasteiger partial charge on any atom is 0.191 e. The fourth-order valence-corrected chi connectivity index (χ4v) is 2.90. The first kappa shape index (κ1) is 19.2. The van der Waals surface area contributed by atoms with Crippen molar-refractivity contribution in [1.82, 2.24) is 15.6 Å². The Bertz CT molecular complexity index is 572. The van der Waals surface area contributed by atoms with E-state index in [1.54, 1.807) is 18.4 Å². The lowest BCUT2D eigenvalue weighted by Crippen LogP contribution is -2.38. The number of thiazole rings is 1. The number of guanidine groups is 1. The first-order valence-corrected chi connectivity index (χ1v) is 9.04. The molecule has 0 spiro atoms. The zero-order valence-electron chi connectivity index (χ0n) is 12.7. The molecule has 0 saturated carbocycles. The molecule has 0 fully saturated rings. The van der Waals surface area contributed by atoms with Crippen molar-refractivity contribution in [2.75, 3.05) is 25.6 Å². The van der Waals surface area contributed by atoms with E-state index in [1.165, 1.54) is 0 Å². The Morgan fingerprint density at radius 3 is 2.73 bits per heavy atom. The van der Waals surface area contributed by atoms with Crippen molar-refractivity contribution in [1.29, 1.82) is 0 Å². The summed E-state index contributed by atoms with van der Waals surface area (Å²) in [5, 5.41) is 9.70. The molecule has 0 radical (unpaired) electrons. The van der Waals surface area contributed by atoms with Gasteiger partial charge in [0.1, 0.15) is 5.01 Å². The predicted molar refractivity (Wildman–Crippen MR) is 110 cm³/mol. The molecule has 0 bridgehead atoms. The number of hydrogen-bond acceptors (Lipinski definition) is 4. The van der Waals surface area contributed by atoms with Crippen LogP contribution < -0.4 is 10.6 Å². The maximum absolute atomic E-state index is 4.65. The van der Waals surface area contributed by atoms with E-state index in [0.717, 1.165) is 34.5 Å². The Balaban J connectivity index is 0.00000242. The summed E-state index contributed by atoms with van der Waals surface area (Å²) in [6.45, 7) is 1.59. The second kappa shape index (κ2) is 10.8. The van der Waals surface area contributed by atoms with Crippen LogP contribution in [-0.2, 0) is 6.54 Å². The molecule has 7 heteroatoms. The maximum atomic E-state index is 4.65. The van der Waals surface area contributed by atoms with Crippen molar-refractivity contribution in [3.8, 4) is 10.6 Å². The molecular weight excluding hydrogens is 427 g/mol. The quantitative estimate of drug-likeness (QED) is 0.308. The second-order valence-electron chi connectivity index (χ2n) is 4.36. The van der Waals surface area contributed by atoms with Crippen LogP contribution in [0, 0.1) is 0 Å². The van der Waals surface area contributed by atoms with Gasteiger partial charge in [0.05, 0.1) is 12.2 Å². The monoisotopic (exact) mass is 448 g/mol. The number of halogens is 1. The molecule has 4 nitrogen and oxygen atoms in total. The van der Waals surface area contributed by atoms with Crippen LogP contribution in [0.1, 0.15) is 5.69 Å². The van der Waals surface area contributed by atoms with Gasteiger partial charge in [0.25, 0.3) is 0 Å². The minimum Gasteiger partial charge on any atom is -0.356 e. The highest BCUT2D eigenvalue weighted by Gasteiger charge is 2.05. The lowest BCUT2D eigenvalue weighted by molar-refractivity contribution is 0.818. The SMILES string of the molecule is CN=C(NCCSC)NCc1csc(-c2ccccc2)n1.I. The molecule has 2 aromatic rings. The number of nitrogens with one attached hydrogen (secondary N) is 2. The molecule has 0 aliphatic carbocycles. The summed E-state index contributed by atoms with van der Waals surface area (Å²) in [4.78, 5) is 8.85. The van der Waals surface area contributed by atoms with Gasteiger partial charge in [0.15, 0.2) is 5.96 Å². The van der Waals surface area contributed by atoms with Gasteiger partial charge in [-0.05, 0) is 6.26 Å². The van der Waals surface area contributed by atoms with Gasteiger partial charge in [-0.1, -0.05) is 30.3 Å². The highest BCUT2D eigenvalue weighted by atomic mass is 127. The minimum atomic E-state index is 0. The van der Waals surface area contributed by atoms with Crippen LogP contribution >= 0.6 is 47.1 Å². The zero-order chi connectivity index (χ0) is 14.9. The third kappa shape index (κ3) is 6.13. The van der Waals surface area contributed by atoms with Crippen molar-refractivity contribution in [2.45, 2.75) is 6.54 Å². The molecule has 120 valence electrons. The molecule has 1 aromatic carbocycles. The van der Waals surface area contributed by atoms with E-state index in [-0.39, 0.29) is 24.0 Å². The van der Waals surface area contributed by atoms with Crippen molar-refractivity contribution in [3.05, 3.63) is 41.4 Å². The Morgan fingerprint density at radius 2 is 2.05 bits per heavy atom. The van der Waals surface area contributed by atoms with Gasteiger partial charge in [-0.15, -0.1) is 35.3 Å². The molecule has 0 unspecified atom stereocenters. The van der Waals surface area contributed by atoms with Crippen LogP contribution in [0.5, 0.6) is 0 Å². The number of hydrogen-bond donors (Lipinski definition) is 2. The highest BCUT2D eigenvalue weighted by molar-refractivity contribution is 14.0. The molecule has 0 amide bonds. The molecule has 2 rings (SSSR count). The molecule has 0 aliphatic heterocycles. The van der Waals surface area contributed by atoms with Gasteiger partial charge in [-0.2, -0.15) is 11.8 Å². The number of rotatable bonds is 6. The van der Waals surface area contributed by atoms with E-state index in [2.05, 4.69) is 44.4 Å². The van der Waals surface area contributed by atoms with Crippen molar-refractivity contribution in [2.24, 2.45) is 4.99 Å². The largest absolute Gasteiger partial charge is 0.356 e. The minimum absolute atomic E-state index is 0. The lowest BCUT2D eigenvalue weighted by Gasteiger charge is -2.10. The zero-order valence-corrected chi connectivity index (χ0v) is 16.7. The van der Waals surface area contributed by atoms with Crippen molar-refractivity contribution >= 4 is 53.0 Å². The van der Waals surface area contributed by atoms with E-state index in [1.807, 2.05) is 30.0 Å². The first-order chi connectivity index (χ1) is 10.3. The lowest BCUT2D eigenvalue weighted by atomic mass is 10.2. The van der Waals surface area contributed by atoms with Gasteiger partial charge in [0.2, 0.25) is 0 Å². The van der Waals surface area contributed by atoms with Crippen LogP contribution in [0.2, 0.25) is 0 Å². The third-order valence-corrected chi connectivity index (χ3v) is 4.38. The third-order valence-electron chi connectivity index (χ3n) is 2.83. The van der Waals surface area contributed by atoms with Crippen molar-refractivity contribution in [3.63, 3.8) is 0 Å². The summed E-state index contributed by atoms with van der Waals surface area (Å²) in [6.07, 6.45) is 2.10. The summed E-state index contributed by atoms with van der Waals surface area (Å²) in [6, 6.07) is 10.3. The summed E-state index contributed by atoms with van der Waals surface area (Å²) in [7, 11) is 1.78. The molecule has 0 aliphatic rings. The summed E-state index contributed by atoms with van der Waals surface area (Å²) < 4.78 is 0. The average molecular weight is 448 g/mol. The van der Waals surface area contributed by atoms with Gasteiger partial charge in [-0.3, -0.25) is 4.99 Å². The fourth-order valence-electron chi connectivity index (χ4n) is 1.77. The van der Waals surface area contributed by atoms with Crippen molar-refractivity contribution < 1.29 is 0 Å². The van der Waals surface area contributed by atoms with Gasteiger partial charge < -0.3 is 10.6 Å². The second-order valence-corrected chi connectivity index (χ2v) is 6.20. The Morgan fingerprint density at radius 1 is 1.27 bits per heavy atom.